The van der Waals surface area contributed by atoms with Gasteiger partial charge in [0.1, 0.15) is 12.7 Å². The number of rotatable bonds is 6. The van der Waals surface area contributed by atoms with Crippen molar-refractivity contribution in [3.63, 3.8) is 0 Å². The minimum Gasteiger partial charge on any atom is -0.312 e. The van der Waals surface area contributed by atoms with Crippen LogP contribution in [0.15, 0.2) is 0 Å². The van der Waals surface area contributed by atoms with Crippen LogP contribution in [0.1, 0.15) is 0 Å². The zero-order valence-corrected chi connectivity index (χ0v) is 6.47. The summed E-state index contributed by atoms with van der Waals surface area (Å²) < 4.78 is 0. The third kappa shape index (κ3) is 5.47. The van der Waals surface area contributed by atoms with Gasteiger partial charge in [0.05, 0.1) is 5.88 Å². The quantitative estimate of drug-likeness (QED) is 0.340. The van der Waals surface area contributed by atoms with Gasteiger partial charge in [-0.2, -0.15) is 0 Å². The van der Waals surface area contributed by atoms with E-state index in [1.807, 2.05) is 0 Å². The van der Waals surface area contributed by atoms with Crippen molar-refractivity contribution in [3.8, 4) is 0 Å². The van der Waals surface area contributed by atoms with Crippen molar-refractivity contribution in [2.75, 3.05) is 12.5 Å². The first-order valence-electron chi connectivity index (χ1n) is 2.70. The van der Waals surface area contributed by atoms with Gasteiger partial charge in [-0.25, -0.2) is 0 Å². The molecular formula is C3H5ClN2O6. The van der Waals surface area contributed by atoms with E-state index >= 15 is 0 Å². The summed E-state index contributed by atoms with van der Waals surface area (Å²) in [5.74, 6) is -0.255. The predicted octanol–water partition coefficient (Wildman–Crippen LogP) is 0.0104. The Morgan fingerprint density at radius 3 is 2.25 bits per heavy atom. The van der Waals surface area contributed by atoms with Crippen molar-refractivity contribution in [1.29, 1.82) is 0 Å². The average molecular weight is 201 g/mol. The van der Waals surface area contributed by atoms with E-state index in [-0.39, 0.29) is 5.88 Å². The molecule has 0 aliphatic rings. The molecule has 70 valence electrons. The Morgan fingerprint density at radius 2 is 1.92 bits per heavy atom. The van der Waals surface area contributed by atoms with Gasteiger partial charge in [-0.3, -0.25) is 0 Å². The van der Waals surface area contributed by atoms with Gasteiger partial charge >= 0.3 is 0 Å². The van der Waals surface area contributed by atoms with Gasteiger partial charge in [-0.05, 0) is 0 Å². The summed E-state index contributed by atoms with van der Waals surface area (Å²) in [6.45, 7) is -0.558. The van der Waals surface area contributed by atoms with E-state index < -0.39 is 22.9 Å². The Labute approximate surface area is 71.2 Å². The number of nitrogens with zero attached hydrogens (tertiary/aromatic N) is 2. The molecule has 0 aromatic carbocycles. The van der Waals surface area contributed by atoms with Crippen molar-refractivity contribution in [1.82, 2.24) is 0 Å². The summed E-state index contributed by atoms with van der Waals surface area (Å²) in [6.07, 6.45) is -1.12. The van der Waals surface area contributed by atoms with E-state index in [2.05, 4.69) is 9.68 Å². The molecule has 0 rings (SSSR count). The fraction of sp³-hybridized carbons (Fsp3) is 1.00. The summed E-state index contributed by atoms with van der Waals surface area (Å²) in [5, 5.41) is 17.2. The summed E-state index contributed by atoms with van der Waals surface area (Å²) in [4.78, 5) is 27.0. The average Bonchev–Trinajstić information content (AvgIpc) is 1.97. The third-order valence-electron chi connectivity index (χ3n) is 0.773. The zero-order valence-electron chi connectivity index (χ0n) is 5.71. The number of hydrogen-bond acceptors (Lipinski definition) is 6. The number of halogens is 1. The van der Waals surface area contributed by atoms with Crippen molar-refractivity contribution in [2.45, 2.75) is 6.10 Å². The molecule has 0 unspecified atom stereocenters. The first-order valence-corrected chi connectivity index (χ1v) is 3.24. The van der Waals surface area contributed by atoms with Crippen LogP contribution in [-0.2, 0) is 9.68 Å². The van der Waals surface area contributed by atoms with E-state index in [9.17, 15) is 20.2 Å². The molecular weight excluding hydrogens is 195 g/mol. The predicted molar refractivity (Wildman–Crippen MR) is 35.5 cm³/mol. The summed E-state index contributed by atoms with van der Waals surface area (Å²) in [7, 11) is 0. The molecule has 8 nitrogen and oxygen atoms in total. The fourth-order valence-corrected chi connectivity index (χ4v) is 0.514. The molecule has 0 heterocycles. The lowest BCUT2D eigenvalue weighted by molar-refractivity contribution is -0.788. The highest BCUT2D eigenvalue weighted by Gasteiger charge is 2.13. The van der Waals surface area contributed by atoms with E-state index in [4.69, 9.17) is 11.6 Å². The van der Waals surface area contributed by atoms with Crippen molar-refractivity contribution in [3.05, 3.63) is 20.2 Å². The van der Waals surface area contributed by atoms with E-state index in [0.717, 1.165) is 0 Å². The van der Waals surface area contributed by atoms with Crippen LogP contribution in [0.5, 0.6) is 0 Å². The number of alkyl halides is 1. The topological polar surface area (TPSA) is 105 Å². The highest BCUT2D eigenvalue weighted by molar-refractivity contribution is 6.18. The molecule has 0 bridgehead atoms. The molecule has 1 atom stereocenters. The molecule has 0 radical (unpaired) electrons. The van der Waals surface area contributed by atoms with Crippen LogP contribution < -0.4 is 0 Å². The molecule has 0 aromatic heterocycles. The summed E-state index contributed by atoms with van der Waals surface area (Å²) in [6, 6.07) is 0. The van der Waals surface area contributed by atoms with Crippen LogP contribution in [0.2, 0.25) is 0 Å². The summed E-state index contributed by atoms with van der Waals surface area (Å²) in [5.41, 5.74) is 0. The van der Waals surface area contributed by atoms with E-state index in [1.54, 1.807) is 0 Å². The zero-order chi connectivity index (χ0) is 9.56. The van der Waals surface area contributed by atoms with Gasteiger partial charge in [-0.1, -0.05) is 0 Å². The Balaban J connectivity index is 3.67. The lowest BCUT2D eigenvalue weighted by Crippen LogP contribution is -2.25. The van der Waals surface area contributed by atoms with E-state index in [1.165, 1.54) is 0 Å². The Morgan fingerprint density at radius 1 is 1.33 bits per heavy atom. The second-order valence-corrected chi connectivity index (χ2v) is 1.93. The normalized spacial score (nSPS) is 11.8. The molecule has 0 aliphatic carbocycles. The molecule has 0 saturated heterocycles. The Kier molecular flexibility index (Phi) is 4.77. The molecule has 12 heavy (non-hydrogen) atoms. The SMILES string of the molecule is O=[N+]([O-])OC[C@@H](CCl)O[N+](=O)[O-]. The third-order valence-corrected chi connectivity index (χ3v) is 1.12. The maximum Gasteiger partial charge on any atom is 0.294 e. The first kappa shape index (κ1) is 10.7. The highest BCUT2D eigenvalue weighted by atomic mass is 35.5. The number of hydrogen-bond donors (Lipinski definition) is 0. The van der Waals surface area contributed by atoms with Crippen LogP contribution in [0.4, 0.5) is 0 Å². The smallest absolute Gasteiger partial charge is 0.294 e. The lowest BCUT2D eigenvalue weighted by Gasteiger charge is -2.08. The molecule has 0 aromatic rings. The lowest BCUT2D eigenvalue weighted by atomic mass is 10.4. The second kappa shape index (κ2) is 5.35. The summed E-state index contributed by atoms with van der Waals surface area (Å²) >= 11 is 5.16. The molecule has 0 spiro atoms. The Bertz CT molecular complexity index is 174. The standard InChI is InChI=1S/C3H5ClN2O6/c4-1-3(12-6(9)10)2-11-5(7)8/h3H,1-2H2/t3-/m1/s1. The van der Waals surface area contributed by atoms with Crippen LogP contribution >= 0.6 is 11.6 Å². The molecule has 9 heteroatoms. The van der Waals surface area contributed by atoms with E-state index in [0.29, 0.717) is 0 Å². The molecule has 0 saturated carbocycles. The second-order valence-electron chi connectivity index (χ2n) is 1.62. The van der Waals surface area contributed by atoms with Gasteiger partial charge < -0.3 is 9.68 Å². The van der Waals surface area contributed by atoms with Crippen LogP contribution in [0, 0.1) is 20.2 Å². The minimum absolute atomic E-state index is 0.255. The molecule has 0 amide bonds. The van der Waals surface area contributed by atoms with Gasteiger partial charge in [0.15, 0.2) is 0 Å². The van der Waals surface area contributed by atoms with Crippen molar-refractivity contribution < 1.29 is 19.8 Å². The van der Waals surface area contributed by atoms with Crippen LogP contribution in [0.25, 0.3) is 0 Å². The van der Waals surface area contributed by atoms with Gasteiger partial charge in [-0.15, -0.1) is 31.8 Å². The fourth-order valence-electron chi connectivity index (χ4n) is 0.369. The molecule has 0 aliphatic heterocycles. The van der Waals surface area contributed by atoms with Crippen molar-refractivity contribution >= 4 is 11.6 Å². The van der Waals surface area contributed by atoms with Gasteiger partial charge in [0.25, 0.3) is 10.2 Å². The van der Waals surface area contributed by atoms with Crippen LogP contribution in [0.3, 0.4) is 0 Å². The maximum atomic E-state index is 9.71. The minimum atomic E-state index is -1.12. The van der Waals surface area contributed by atoms with Gasteiger partial charge in [0.2, 0.25) is 0 Å². The molecule has 0 N–H and O–H groups in total. The van der Waals surface area contributed by atoms with Gasteiger partial charge in [0, 0.05) is 0 Å². The Hall–Kier alpha value is -1.31. The van der Waals surface area contributed by atoms with Crippen LogP contribution in [-0.4, -0.2) is 28.8 Å². The van der Waals surface area contributed by atoms with Crippen molar-refractivity contribution in [2.24, 2.45) is 0 Å². The highest BCUT2D eigenvalue weighted by Crippen LogP contribution is 1.96. The largest absolute Gasteiger partial charge is 0.312 e. The monoisotopic (exact) mass is 200 g/mol. The first-order chi connectivity index (χ1) is 5.56. The molecule has 0 fully saturated rings. The maximum absolute atomic E-state index is 9.71.